The summed E-state index contributed by atoms with van der Waals surface area (Å²) < 4.78 is 6.98. The Hall–Kier alpha value is -2.70. The van der Waals surface area contributed by atoms with E-state index in [0.29, 0.717) is 28.1 Å². The van der Waals surface area contributed by atoms with Gasteiger partial charge in [-0.2, -0.15) is 0 Å². The van der Waals surface area contributed by atoms with Gasteiger partial charge in [0.1, 0.15) is 29.1 Å². The molecule has 2 aromatic heterocycles. The predicted molar refractivity (Wildman–Crippen MR) is 116 cm³/mol. The SMILES string of the molecule is CC1CC[NH+](Cc2c(O)ccc3c(=O)c(-c4nc5ccccc5s4)coc23)CC1. The molecule has 1 aliphatic heterocycles. The number of para-hydroxylation sites is 1. The zero-order valence-corrected chi connectivity index (χ0v) is 17.1. The van der Waals surface area contributed by atoms with Gasteiger partial charge in [0.2, 0.25) is 5.43 Å². The zero-order chi connectivity index (χ0) is 20.0. The second-order valence-corrected chi connectivity index (χ2v) is 9.05. The first-order valence-corrected chi connectivity index (χ1v) is 10.9. The first kappa shape index (κ1) is 18.3. The Bertz CT molecular complexity index is 1220. The van der Waals surface area contributed by atoms with Crippen LogP contribution in [0.4, 0.5) is 0 Å². The maximum absolute atomic E-state index is 13.2. The van der Waals surface area contributed by atoms with Crippen molar-refractivity contribution in [2.45, 2.75) is 26.3 Å². The van der Waals surface area contributed by atoms with Gasteiger partial charge in [0, 0.05) is 0 Å². The van der Waals surface area contributed by atoms with E-state index in [1.165, 1.54) is 35.3 Å². The van der Waals surface area contributed by atoms with E-state index in [-0.39, 0.29) is 11.2 Å². The summed E-state index contributed by atoms with van der Waals surface area (Å²) in [6, 6.07) is 11.1. The first-order chi connectivity index (χ1) is 14.1. The van der Waals surface area contributed by atoms with Crippen molar-refractivity contribution in [1.29, 1.82) is 0 Å². The van der Waals surface area contributed by atoms with Gasteiger partial charge < -0.3 is 14.4 Å². The standard InChI is InChI=1S/C23H22N2O3S/c1-14-8-10-25(11-9-14)12-16-19(26)7-6-15-21(27)17(13-28-22(15)16)23-24-18-4-2-3-5-20(18)29-23/h2-7,13-14,26H,8-12H2,1H3/p+1. The number of piperidine rings is 1. The number of quaternary nitrogens is 1. The van der Waals surface area contributed by atoms with Crippen molar-refractivity contribution in [3.05, 3.63) is 58.4 Å². The Morgan fingerprint density at radius 1 is 1.21 bits per heavy atom. The normalized spacial score (nSPS) is 19.8. The van der Waals surface area contributed by atoms with Crippen molar-refractivity contribution >= 4 is 32.5 Å². The van der Waals surface area contributed by atoms with Gasteiger partial charge in [-0.25, -0.2) is 4.98 Å². The fraction of sp³-hybridized carbons (Fsp3) is 0.304. The first-order valence-electron chi connectivity index (χ1n) is 10.1. The fourth-order valence-electron chi connectivity index (χ4n) is 4.15. The number of aromatic hydroxyl groups is 1. The van der Waals surface area contributed by atoms with Crippen LogP contribution < -0.4 is 10.3 Å². The molecule has 3 heterocycles. The van der Waals surface area contributed by atoms with E-state index >= 15 is 0 Å². The molecule has 0 amide bonds. The lowest BCUT2D eigenvalue weighted by Gasteiger charge is -2.27. The molecule has 0 saturated carbocycles. The summed E-state index contributed by atoms with van der Waals surface area (Å²) in [6.45, 7) is 5.10. The maximum atomic E-state index is 13.2. The molecule has 2 N–H and O–H groups in total. The van der Waals surface area contributed by atoms with Crippen LogP contribution in [0.2, 0.25) is 0 Å². The highest BCUT2D eigenvalue weighted by molar-refractivity contribution is 7.21. The number of hydrogen-bond acceptors (Lipinski definition) is 5. The van der Waals surface area contributed by atoms with Crippen molar-refractivity contribution < 1.29 is 14.4 Å². The Balaban J connectivity index is 1.57. The van der Waals surface area contributed by atoms with E-state index < -0.39 is 0 Å². The van der Waals surface area contributed by atoms with Gasteiger partial charge in [-0.15, -0.1) is 11.3 Å². The van der Waals surface area contributed by atoms with Crippen LogP contribution in [-0.4, -0.2) is 23.2 Å². The van der Waals surface area contributed by atoms with Gasteiger partial charge in [-0.3, -0.25) is 4.79 Å². The maximum Gasteiger partial charge on any atom is 0.202 e. The van der Waals surface area contributed by atoms with E-state index in [1.54, 1.807) is 12.1 Å². The van der Waals surface area contributed by atoms with Crippen molar-refractivity contribution in [1.82, 2.24) is 4.98 Å². The minimum Gasteiger partial charge on any atom is -0.507 e. The highest BCUT2D eigenvalue weighted by Crippen LogP contribution is 2.31. The second-order valence-electron chi connectivity index (χ2n) is 8.01. The Kier molecular flexibility index (Phi) is 4.60. The van der Waals surface area contributed by atoms with Crippen molar-refractivity contribution in [3.63, 3.8) is 0 Å². The number of rotatable bonds is 3. The van der Waals surface area contributed by atoms with Crippen LogP contribution in [0.25, 0.3) is 31.8 Å². The summed E-state index contributed by atoms with van der Waals surface area (Å²) in [5.74, 6) is 0.952. The molecule has 0 atom stereocenters. The molecule has 29 heavy (non-hydrogen) atoms. The van der Waals surface area contributed by atoms with Crippen LogP contribution in [0, 0.1) is 5.92 Å². The molecule has 148 valence electrons. The van der Waals surface area contributed by atoms with Crippen LogP contribution >= 0.6 is 11.3 Å². The third-order valence-corrected chi connectivity index (χ3v) is 7.02. The number of likely N-dealkylation sites (tertiary alicyclic amines) is 1. The lowest BCUT2D eigenvalue weighted by molar-refractivity contribution is -0.919. The zero-order valence-electron chi connectivity index (χ0n) is 16.3. The number of fused-ring (bicyclic) bond motifs is 2. The van der Waals surface area contributed by atoms with Crippen molar-refractivity contribution in [2.24, 2.45) is 5.92 Å². The van der Waals surface area contributed by atoms with E-state index in [9.17, 15) is 9.90 Å². The van der Waals surface area contributed by atoms with Gasteiger partial charge >= 0.3 is 0 Å². The molecule has 4 aromatic rings. The molecule has 0 spiro atoms. The van der Waals surface area contributed by atoms with Gasteiger partial charge in [0.05, 0.1) is 39.8 Å². The summed E-state index contributed by atoms with van der Waals surface area (Å²) in [6.07, 6.45) is 3.87. The number of aromatic nitrogens is 1. The number of hydrogen-bond donors (Lipinski definition) is 2. The largest absolute Gasteiger partial charge is 0.507 e. The van der Waals surface area contributed by atoms with Gasteiger partial charge in [0.15, 0.2) is 0 Å². The van der Waals surface area contributed by atoms with Crippen LogP contribution in [0.15, 0.2) is 51.9 Å². The summed E-state index contributed by atoms with van der Waals surface area (Å²) in [5, 5.41) is 11.6. The molecule has 0 bridgehead atoms. The van der Waals surface area contributed by atoms with Crippen LogP contribution in [0.5, 0.6) is 5.75 Å². The number of phenolic OH excluding ortho intramolecular Hbond substituents is 1. The topological polar surface area (TPSA) is 67.8 Å². The van der Waals surface area contributed by atoms with E-state index in [4.69, 9.17) is 4.42 Å². The molecular formula is C23H23N2O3S+. The smallest absolute Gasteiger partial charge is 0.202 e. The minimum atomic E-state index is -0.103. The number of nitrogens with zero attached hydrogens (tertiary/aromatic N) is 1. The van der Waals surface area contributed by atoms with Gasteiger partial charge in [-0.05, 0) is 43.0 Å². The van der Waals surface area contributed by atoms with Gasteiger partial charge in [0.25, 0.3) is 0 Å². The number of nitrogens with one attached hydrogen (secondary N) is 1. The molecule has 0 aliphatic carbocycles. The van der Waals surface area contributed by atoms with E-state index in [2.05, 4.69) is 11.9 Å². The highest BCUT2D eigenvalue weighted by Gasteiger charge is 2.23. The molecule has 2 aromatic carbocycles. The molecular weight excluding hydrogens is 384 g/mol. The third kappa shape index (κ3) is 3.32. The molecule has 0 unspecified atom stereocenters. The van der Waals surface area contributed by atoms with Crippen LogP contribution in [-0.2, 0) is 6.54 Å². The minimum absolute atomic E-state index is 0.103. The van der Waals surface area contributed by atoms with Crippen LogP contribution in [0.3, 0.4) is 0 Å². The highest BCUT2D eigenvalue weighted by atomic mass is 32.1. The average Bonchev–Trinajstić information content (AvgIpc) is 3.16. The Morgan fingerprint density at radius 2 is 2.00 bits per heavy atom. The molecule has 1 fully saturated rings. The number of phenols is 1. The number of thiazole rings is 1. The van der Waals surface area contributed by atoms with Crippen LogP contribution in [0.1, 0.15) is 25.3 Å². The predicted octanol–water partition coefficient (Wildman–Crippen LogP) is 3.59. The van der Waals surface area contributed by atoms with E-state index in [0.717, 1.165) is 34.8 Å². The molecule has 5 rings (SSSR count). The lowest BCUT2D eigenvalue weighted by atomic mass is 9.98. The summed E-state index contributed by atoms with van der Waals surface area (Å²) in [7, 11) is 0. The van der Waals surface area contributed by atoms with Crippen molar-refractivity contribution in [2.75, 3.05) is 13.1 Å². The summed E-state index contributed by atoms with van der Waals surface area (Å²) >= 11 is 1.48. The molecule has 5 nitrogen and oxygen atoms in total. The molecule has 6 heteroatoms. The third-order valence-electron chi connectivity index (χ3n) is 5.95. The van der Waals surface area contributed by atoms with Crippen molar-refractivity contribution in [3.8, 4) is 16.3 Å². The quantitative estimate of drug-likeness (QED) is 0.545. The second kappa shape index (κ2) is 7.28. The Morgan fingerprint density at radius 3 is 2.79 bits per heavy atom. The molecule has 1 saturated heterocycles. The summed E-state index contributed by atoms with van der Waals surface area (Å²) in [5.41, 5.74) is 2.45. The molecule has 0 radical (unpaired) electrons. The van der Waals surface area contributed by atoms with E-state index in [1.807, 2.05) is 24.3 Å². The Labute approximate surface area is 172 Å². The summed E-state index contributed by atoms with van der Waals surface area (Å²) in [4.78, 5) is 19.2. The lowest BCUT2D eigenvalue weighted by Crippen LogP contribution is -3.11. The monoisotopic (exact) mass is 407 g/mol. The molecule has 1 aliphatic rings. The van der Waals surface area contributed by atoms with Gasteiger partial charge in [-0.1, -0.05) is 19.1 Å². The average molecular weight is 408 g/mol. The number of benzene rings is 2. The fourth-order valence-corrected chi connectivity index (χ4v) is 5.12.